The number of rotatable bonds is 40. The standard InChI is InChI=1S/C52H80N2.2C5H11.Ni/c1-5-9-13-15-17-18-19-20-21-22-23-24-25-26-27-29-32-37-50(45-54-53)51(39-30-11-7-3)52(48-42-40-46(41-43-48)34-12-8-4)49-38-33-36-47(44-49)35-31-28-16-14-10-6-2;2*1-3-5-4-2;/h33,36,38,40-44H,5-31,34-35,39H2,1-4H3;2*1,3-5H2,2H3;. The van der Waals surface area contributed by atoms with E-state index in [0.717, 1.165) is 62.5 Å². The molecule has 3 heteroatoms. The predicted octanol–water partition coefficient (Wildman–Crippen LogP) is 20.7. The van der Waals surface area contributed by atoms with E-state index >= 15 is 0 Å². The number of nitrogens with zero attached hydrogens (tertiary/aromatic N) is 2. The Hall–Kier alpha value is -2.61. The van der Waals surface area contributed by atoms with Crippen LogP contribution in [-0.4, -0.2) is 10.7 Å². The Morgan fingerprint density at radius 3 is 1.45 bits per heavy atom. The van der Waals surface area contributed by atoms with Crippen LogP contribution in [-0.2, 0) is 27.3 Å². The van der Waals surface area contributed by atoms with Crippen LogP contribution in [0.25, 0.3) is 11.1 Å². The Morgan fingerprint density at radius 1 is 0.462 bits per heavy atom. The second-order valence-electron chi connectivity index (χ2n) is 18.8. The third-order valence-corrected chi connectivity index (χ3v) is 14.1. The van der Waals surface area contributed by atoms with Crippen LogP contribution in [0.1, 0.15) is 282 Å². The normalized spacial score (nSPS) is 11.3. The molecule has 0 saturated carbocycles. The Labute approximate surface area is 411 Å². The second kappa shape index (κ2) is 46.5. The average molecular weight is 934 g/mol. The Kier molecular flexibility index (Phi) is 43.2. The number of hydrogen-bond acceptors (Lipinski definition) is 0. The van der Waals surface area contributed by atoms with Crippen molar-refractivity contribution in [2.75, 3.05) is 0 Å². The molecule has 0 atom stereocenters. The molecule has 0 aliphatic heterocycles. The third-order valence-electron chi connectivity index (χ3n) is 12.7. The molecule has 0 saturated heterocycles. The summed E-state index contributed by atoms with van der Waals surface area (Å²) in [5, 5.41) is 2.81. The number of allylic oxidation sites excluding steroid dienone is 2. The van der Waals surface area contributed by atoms with E-state index in [0.29, 0.717) is 0 Å². The first-order valence-electron chi connectivity index (χ1n) is 27.9. The predicted molar refractivity (Wildman–Crippen MR) is 287 cm³/mol. The summed E-state index contributed by atoms with van der Waals surface area (Å²) in [5.74, 6) is 9.92. The van der Waals surface area contributed by atoms with Gasteiger partial charge in [0.1, 0.15) is 0 Å². The first-order valence-corrected chi connectivity index (χ1v) is 29.3. The third kappa shape index (κ3) is 33.5. The fourth-order valence-electron chi connectivity index (χ4n) is 8.50. The second-order valence-corrected chi connectivity index (χ2v) is 20.3. The van der Waals surface area contributed by atoms with Crippen molar-refractivity contribution in [3.8, 4) is 11.8 Å². The van der Waals surface area contributed by atoms with Gasteiger partial charge in [-0.1, -0.05) is 229 Å². The van der Waals surface area contributed by atoms with Gasteiger partial charge in [0.15, 0.2) is 5.57 Å². The van der Waals surface area contributed by atoms with Gasteiger partial charge in [-0.3, -0.25) is 0 Å². The van der Waals surface area contributed by atoms with Gasteiger partial charge < -0.3 is 5.53 Å². The van der Waals surface area contributed by atoms with E-state index < -0.39 is 0 Å². The number of benzene rings is 2. The van der Waals surface area contributed by atoms with Crippen LogP contribution < -0.4 is 0 Å². The molecule has 2 rings (SSSR count). The molecule has 0 aliphatic rings. The quantitative estimate of drug-likeness (QED) is 0.0121. The minimum absolute atomic E-state index is 0.737. The molecular weight excluding hydrogens is 831 g/mol. The summed E-state index contributed by atoms with van der Waals surface area (Å²) in [6.45, 7) is 13.6. The fourth-order valence-corrected chi connectivity index (χ4v) is 9.74. The van der Waals surface area contributed by atoms with Crippen LogP contribution in [0.5, 0.6) is 0 Å². The van der Waals surface area contributed by atoms with Crippen molar-refractivity contribution >= 4 is 11.4 Å². The van der Waals surface area contributed by atoms with E-state index in [2.05, 4.69) is 113 Å². The number of hydrogen-bond donors (Lipinski definition) is 0. The van der Waals surface area contributed by atoms with Gasteiger partial charge in [0, 0.05) is 6.42 Å². The summed E-state index contributed by atoms with van der Waals surface area (Å²) >= 11 is 1.97. The van der Waals surface area contributed by atoms with E-state index in [1.54, 1.807) is 0 Å². The SMILES string of the molecule is CCCCCCCCCCCCCCCCCC#CC(=C=[N+]=[N-])C(CCCCC)=C(c1ccc(CCCC)cc1)c1cccc(CCCCCCCC)c1.CCCC[CH2][Ni][CH2]CCCC. The van der Waals surface area contributed by atoms with Gasteiger partial charge in [-0.15, -0.1) is 4.79 Å². The van der Waals surface area contributed by atoms with Crippen molar-refractivity contribution in [1.29, 1.82) is 0 Å². The Balaban J connectivity index is 0.00000169. The molecule has 0 radical (unpaired) electrons. The Morgan fingerprint density at radius 2 is 0.923 bits per heavy atom. The van der Waals surface area contributed by atoms with Crippen molar-refractivity contribution in [1.82, 2.24) is 0 Å². The molecule has 0 aliphatic carbocycles. The van der Waals surface area contributed by atoms with Crippen LogP contribution in [0.2, 0.25) is 10.8 Å². The van der Waals surface area contributed by atoms with Crippen LogP contribution in [0.3, 0.4) is 0 Å². The van der Waals surface area contributed by atoms with Crippen LogP contribution in [0.4, 0.5) is 0 Å². The molecule has 65 heavy (non-hydrogen) atoms. The van der Waals surface area contributed by atoms with Crippen molar-refractivity contribution in [2.24, 2.45) is 0 Å². The molecule has 2 aromatic rings. The average Bonchev–Trinajstić information content (AvgIpc) is 3.32. The summed E-state index contributed by atoms with van der Waals surface area (Å²) < 4.78 is 0. The molecule has 0 fully saturated rings. The molecule has 2 nitrogen and oxygen atoms in total. The minimum atomic E-state index is 0.737. The maximum absolute atomic E-state index is 9.86. The summed E-state index contributed by atoms with van der Waals surface area (Å²) in [4.78, 5) is 3.46. The van der Waals surface area contributed by atoms with E-state index in [9.17, 15) is 5.53 Å². The molecule has 0 amide bonds. The molecule has 370 valence electrons. The summed E-state index contributed by atoms with van der Waals surface area (Å²) in [6.07, 6.45) is 46.5. The number of unbranched alkanes of at least 4 members (excludes halogenated alkanes) is 27. The molecule has 0 aromatic heterocycles. The topological polar surface area (TPSA) is 36.4 Å². The zero-order valence-electron chi connectivity index (χ0n) is 43.7. The van der Waals surface area contributed by atoms with Crippen LogP contribution >= 0.6 is 0 Å². The molecule has 0 N–H and O–H groups in total. The number of aryl methyl sites for hydroxylation is 2. The van der Waals surface area contributed by atoms with E-state index in [4.69, 9.17) is 0 Å². The zero-order chi connectivity index (χ0) is 47.1. The van der Waals surface area contributed by atoms with Gasteiger partial charge in [-0.2, -0.15) is 0 Å². The fraction of sp³-hybridized carbons (Fsp3) is 0.710. The van der Waals surface area contributed by atoms with Gasteiger partial charge in [0.2, 0.25) is 0 Å². The summed E-state index contributed by atoms with van der Waals surface area (Å²) in [5.41, 5.74) is 18.2. The van der Waals surface area contributed by atoms with E-state index in [1.165, 1.54) is 218 Å². The van der Waals surface area contributed by atoms with Gasteiger partial charge >= 0.3 is 83.5 Å². The van der Waals surface area contributed by atoms with E-state index in [1.807, 2.05) is 14.4 Å². The van der Waals surface area contributed by atoms with Crippen LogP contribution in [0, 0.1) is 11.8 Å². The molecular formula is C62H102N2Ni. The van der Waals surface area contributed by atoms with Gasteiger partial charge in [-0.25, -0.2) is 0 Å². The first-order chi connectivity index (χ1) is 32.1. The van der Waals surface area contributed by atoms with Crippen LogP contribution in [0.15, 0.2) is 59.7 Å². The van der Waals surface area contributed by atoms with Gasteiger partial charge in [0.05, 0.1) is 0 Å². The summed E-state index contributed by atoms with van der Waals surface area (Å²) in [7, 11) is 0. The van der Waals surface area contributed by atoms with E-state index in [-0.39, 0.29) is 0 Å². The zero-order valence-corrected chi connectivity index (χ0v) is 44.7. The van der Waals surface area contributed by atoms with Crippen molar-refractivity contribution < 1.29 is 19.2 Å². The van der Waals surface area contributed by atoms with Crippen molar-refractivity contribution in [2.45, 2.75) is 283 Å². The monoisotopic (exact) mass is 933 g/mol. The Bertz CT molecular complexity index is 1550. The molecule has 0 heterocycles. The van der Waals surface area contributed by atoms with Crippen molar-refractivity contribution in [3.63, 3.8) is 0 Å². The van der Waals surface area contributed by atoms with Gasteiger partial charge in [-0.05, 0) is 78.3 Å². The molecule has 2 aromatic carbocycles. The van der Waals surface area contributed by atoms with Gasteiger partial charge in [0.25, 0.3) is 0 Å². The van der Waals surface area contributed by atoms with Crippen molar-refractivity contribution in [3.05, 3.63) is 87.5 Å². The molecule has 0 bridgehead atoms. The maximum atomic E-state index is 9.86. The first kappa shape index (κ1) is 60.4. The summed E-state index contributed by atoms with van der Waals surface area (Å²) in [6, 6.07) is 18.4. The molecule has 0 unspecified atom stereocenters. The molecule has 0 spiro atoms.